The molecule has 0 aromatic rings. The van der Waals surface area contributed by atoms with E-state index in [1.807, 2.05) is 11.8 Å². The van der Waals surface area contributed by atoms with E-state index in [1.165, 1.54) is 0 Å². The zero-order valence-corrected chi connectivity index (χ0v) is 19.5. The largest absolute Gasteiger partial charge is 0.379 e. The first kappa shape index (κ1) is 24.4. The van der Waals surface area contributed by atoms with Crippen LogP contribution in [0, 0.1) is 5.92 Å². The molecule has 2 aliphatic rings. The van der Waals surface area contributed by atoms with Crippen LogP contribution in [0.25, 0.3) is 0 Å². The van der Waals surface area contributed by atoms with E-state index in [2.05, 4.69) is 34.4 Å². The Bertz CT molecular complexity index is 449. The molecule has 8 heteroatoms. The molecule has 2 saturated heterocycles. The molecule has 2 heterocycles. The highest BCUT2D eigenvalue weighted by Crippen LogP contribution is 2.13. The summed E-state index contributed by atoms with van der Waals surface area (Å²) in [5, 5.41) is 6.72. The number of nitrogens with zero attached hydrogens (tertiary/aromatic N) is 3. The van der Waals surface area contributed by atoms with E-state index in [9.17, 15) is 4.79 Å². The molecule has 7 nitrogen and oxygen atoms in total. The molecule has 0 radical (unpaired) electrons. The summed E-state index contributed by atoms with van der Waals surface area (Å²) in [5.41, 5.74) is 0. The van der Waals surface area contributed by atoms with Crippen molar-refractivity contribution >= 4 is 35.8 Å². The van der Waals surface area contributed by atoms with Crippen LogP contribution in [-0.4, -0.2) is 86.7 Å². The molecule has 2 aliphatic heterocycles. The lowest BCUT2D eigenvalue weighted by Crippen LogP contribution is -2.51. The molecule has 2 N–H and O–H groups in total. The van der Waals surface area contributed by atoms with Gasteiger partial charge in [0, 0.05) is 45.3 Å². The summed E-state index contributed by atoms with van der Waals surface area (Å²) in [5.74, 6) is 1.51. The average Bonchev–Trinajstić information content (AvgIpc) is 3.18. The van der Waals surface area contributed by atoms with Gasteiger partial charge in [0.15, 0.2) is 5.96 Å². The fourth-order valence-electron chi connectivity index (χ4n) is 3.62. The van der Waals surface area contributed by atoms with Gasteiger partial charge in [0.25, 0.3) is 0 Å². The van der Waals surface area contributed by atoms with Crippen molar-refractivity contribution in [2.24, 2.45) is 10.9 Å². The SMILES string of the molecule is CCNC(=NCC(=O)N1CCCC1)NCC(CC(C)C)N1CCOCC1.I. The topological polar surface area (TPSA) is 69.2 Å². The first-order valence-corrected chi connectivity index (χ1v) is 10.2. The predicted molar refractivity (Wildman–Crippen MR) is 121 cm³/mol. The summed E-state index contributed by atoms with van der Waals surface area (Å²) >= 11 is 0. The molecule has 0 spiro atoms. The smallest absolute Gasteiger partial charge is 0.244 e. The van der Waals surface area contributed by atoms with Crippen molar-refractivity contribution in [1.29, 1.82) is 0 Å². The first-order chi connectivity index (χ1) is 12.6. The third-order valence-electron chi connectivity index (χ3n) is 4.99. The molecule has 0 bridgehead atoms. The number of rotatable bonds is 8. The molecule has 0 saturated carbocycles. The standard InChI is InChI=1S/C19H37N5O2.HI/c1-4-20-19(22-15-18(25)24-7-5-6-8-24)21-14-17(13-16(2)3)23-9-11-26-12-10-23;/h16-17H,4-15H2,1-3H3,(H2,20,21,22);1H. The Kier molecular flexibility index (Phi) is 12.3. The molecule has 1 amide bonds. The maximum absolute atomic E-state index is 12.2. The second-order valence-electron chi connectivity index (χ2n) is 7.60. The van der Waals surface area contributed by atoms with Crippen LogP contribution in [0.5, 0.6) is 0 Å². The second kappa shape index (κ2) is 13.5. The quantitative estimate of drug-likeness (QED) is 0.304. The number of hydrogen-bond donors (Lipinski definition) is 2. The summed E-state index contributed by atoms with van der Waals surface area (Å²) in [6, 6.07) is 0.456. The zero-order valence-electron chi connectivity index (χ0n) is 17.2. The summed E-state index contributed by atoms with van der Waals surface area (Å²) in [6.07, 6.45) is 3.37. The van der Waals surface area contributed by atoms with Gasteiger partial charge in [-0.25, -0.2) is 4.99 Å². The molecular weight excluding hydrogens is 457 g/mol. The number of ether oxygens (including phenoxy) is 1. The van der Waals surface area contributed by atoms with Gasteiger partial charge in [0.2, 0.25) is 5.91 Å². The van der Waals surface area contributed by atoms with E-state index < -0.39 is 0 Å². The van der Waals surface area contributed by atoms with Crippen molar-refractivity contribution in [3.8, 4) is 0 Å². The van der Waals surface area contributed by atoms with Gasteiger partial charge in [-0.3, -0.25) is 9.69 Å². The van der Waals surface area contributed by atoms with Gasteiger partial charge >= 0.3 is 0 Å². The molecule has 2 rings (SSSR count). The number of aliphatic imine (C=N–C) groups is 1. The average molecular weight is 495 g/mol. The minimum Gasteiger partial charge on any atom is -0.379 e. The Hall–Kier alpha value is -0.610. The number of likely N-dealkylation sites (tertiary alicyclic amines) is 1. The van der Waals surface area contributed by atoms with Gasteiger partial charge < -0.3 is 20.3 Å². The summed E-state index contributed by atoms with van der Waals surface area (Å²) in [6.45, 7) is 13.8. The molecule has 158 valence electrons. The lowest BCUT2D eigenvalue weighted by Gasteiger charge is -2.35. The van der Waals surface area contributed by atoms with Gasteiger partial charge in [-0.1, -0.05) is 13.8 Å². The van der Waals surface area contributed by atoms with Crippen LogP contribution in [0.15, 0.2) is 4.99 Å². The van der Waals surface area contributed by atoms with E-state index in [0.717, 1.165) is 77.7 Å². The van der Waals surface area contributed by atoms with Gasteiger partial charge in [0.1, 0.15) is 6.54 Å². The highest BCUT2D eigenvalue weighted by atomic mass is 127. The summed E-state index contributed by atoms with van der Waals surface area (Å²) < 4.78 is 5.49. The van der Waals surface area contributed by atoms with E-state index in [4.69, 9.17) is 4.74 Å². The van der Waals surface area contributed by atoms with E-state index in [0.29, 0.717) is 12.0 Å². The van der Waals surface area contributed by atoms with E-state index >= 15 is 0 Å². The minimum absolute atomic E-state index is 0. The monoisotopic (exact) mass is 495 g/mol. The van der Waals surface area contributed by atoms with Crippen LogP contribution in [0.4, 0.5) is 0 Å². The minimum atomic E-state index is 0. The van der Waals surface area contributed by atoms with Crippen molar-refractivity contribution in [3.63, 3.8) is 0 Å². The van der Waals surface area contributed by atoms with Crippen LogP contribution in [-0.2, 0) is 9.53 Å². The molecular formula is C19H38IN5O2. The van der Waals surface area contributed by atoms with Crippen LogP contribution in [0.2, 0.25) is 0 Å². The lowest BCUT2D eigenvalue weighted by molar-refractivity contribution is -0.128. The number of carbonyl (C=O) groups excluding carboxylic acids is 1. The second-order valence-corrected chi connectivity index (χ2v) is 7.60. The fraction of sp³-hybridized carbons (Fsp3) is 0.895. The predicted octanol–water partition coefficient (Wildman–Crippen LogP) is 1.53. The van der Waals surface area contributed by atoms with Crippen LogP contribution in [0.1, 0.15) is 40.0 Å². The van der Waals surface area contributed by atoms with E-state index in [-0.39, 0.29) is 36.4 Å². The molecule has 1 atom stereocenters. The Morgan fingerprint density at radius 2 is 1.78 bits per heavy atom. The highest BCUT2D eigenvalue weighted by molar-refractivity contribution is 14.0. The zero-order chi connectivity index (χ0) is 18.8. The third-order valence-corrected chi connectivity index (χ3v) is 4.99. The van der Waals surface area contributed by atoms with Crippen molar-refractivity contribution in [2.75, 3.05) is 59.0 Å². The third kappa shape index (κ3) is 8.95. The maximum atomic E-state index is 12.2. The Morgan fingerprint density at radius 3 is 2.37 bits per heavy atom. The van der Waals surface area contributed by atoms with Crippen molar-refractivity contribution in [2.45, 2.75) is 46.1 Å². The summed E-state index contributed by atoms with van der Waals surface area (Å²) in [7, 11) is 0. The molecule has 0 aliphatic carbocycles. The fourth-order valence-corrected chi connectivity index (χ4v) is 3.62. The van der Waals surface area contributed by atoms with Gasteiger partial charge in [-0.15, -0.1) is 24.0 Å². The first-order valence-electron chi connectivity index (χ1n) is 10.2. The van der Waals surface area contributed by atoms with Crippen molar-refractivity contribution in [3.05, 3.63) is 0 Å². The van der Waals surface area contributed by atoms with Crippen LogP contribution >= 0.6 is 24.0 Å². The number of morpholine rings is 1. The normalized spacial score (nSPS) is 19.7. The number of guanidine groups is 1. The van der Waals surface area contributed by atoms with Crippen molar-refractivity contribution in [1.82, 2.24) is 20.4 Å². The maximum Gasteiger partial charge on any atom is 0.244 e. The number of halogens is 1. The number of carbonyl (C=O) groups is 1. The van der Waals surface area contributed by atoms with Crippen LogP contribution < -0.4 is 10.6 Å². The van der Waals surface area contributed by atoms with Crippen molar-refractivity contribution < 1.29 is 9.53 Å². The Balaban J connectivity index is 0.00000364. The number of nitrogens with one attached hydrogen (secondary N) is 2. The van der Waals surface area contributed by atoms with Crippen LogP contribution in [0.3, 0.4) is 0 Å². The van der Waals surface area contributed by atoms with Gasteiger partial charge in [0.05, 0.1) is 13.2 Å². The van der Waals surface area contributed by atoms with Gasteiger partial charge in [-0.05, 0) is 32.1 Å². The molecule has 1 unspecified atom stereocenters. The van der Waals surface area contributed by atoms with E-state index in [1.54, 1.807) is 0 Å². The molecule has 2 fully saturated rings. The molecule has 0 aromatic heterocycles. The lowest BCUT2D eigenvalue weighted by atomic mass is 10.0. The molecule has 0 aromatic carbocycles. The Morgan fingerprint density at radius 1 is 1.11 bits per heavy atom. The number of hydrogen-bond acceptors (Lipinski definition) is 4. The Labute approximate surface area is 181 Å². The molecule has 27 heavy (non-hydrogen) atoms. The highest BCUT2D eigenvalue weighted by Gasteiger charge is 2.22. The summed E-state index contributed by atoms with van der Waals surface area (Å²) in [4.78, 5) is 21.2. The van der Waals surface area contributed by atoms with Gasteiger partial charge in [-0.2, -0.15) is 0 Å². The number of amides is 1.